The van der Waals surface area contributed by atoms with Gasteiger partial charge in [0.05, 0.1) is 24.3 Å². The lowest BCUT2D eigenvalue weighted by atomic mass is 10.0. The van der Waals surface area contributed by atoms with E-state index in [1.807, 2.05) is 59.5 Å². The van der Waals surface area contributed by atoms with Crippen LogP contribution in [0.15, 0.2) is 61.2 Å². The highest BCUT2D eigenvalue weighted by Gasteiger charge is 2.38. The van der Waals surface area contributed by atoms with Gasteiger partial charge in [0.2, 0.25) is 5.91 Å². The Kier molecular flexibility index (Phi) is 7.04. The van der Waals surface area contributed by atoms with E-state index in [1.165, 1.54) is 0 Å². The lowest BCUT2D eigenvalue weighted by Gasteiger charge is -2.24. The average Bonchev–Trinajstić information content (AvgIpc) is 3.06. The minimum atomic E-state index is -0.0169. The number of benzene rings is 2. The monoisotopic (exact) mass is 390 g/mol. The first-order valence-corrected chi connectivity index (χ1v) is 9.80. The smallest absolute Gasteiger partial charge is 0.226 e. The minimum Gasteiger partial charge on any atom is -0.491 e. The molecule has 0 bridgehead atoms. The third-order valence-electron chi connectivity index (χ3n) is 5.26. The molecule has 1 fully saturated rings. The molecule has 1 amide bonds. The van der Waals surface area contributed by atoms with Crippen molar-refractivity contribution in [3.8, 4) is 22.9 Å². The summed E-state index contributed by atoms with van der Waals surface area (Å²) in [5.41, 5.74) is 2.76. The normalized spacial score (nSPS) is 18.5. The predicted molar refractivity (Wildman–Crippen MR) is 112 cm³/mol. The fourth-order valence-electron chi connectivity index (χ4n) is 3.68. The zero-order chi connectivity index (χ0) is 20.6. The van der Waals surface area contributed by atoms with E-state index in [-0.39, 0.29) is 17.9 Å². The first-order valence-electron chi connectivity index (χ1n) is 9.80. The van der Waals surface area contributed by atoms with Crippen LogP contribution < -0.4 is 4.74 Å². The van der Waals surface area contributed by atoms with Crippen molar-refractivity contribution < 1.29 is 14.3 Å². The van der Waals surface area contributed by atoms with Crippen LogP contribution in [0.25, 0.3) is 11.1 Å². The summed E-state index contributed by atoms with van der Waals surface area (Å²) in [6.45, 7) is 5.32. The summed E-state index contributed by atoms with van der Waals surface area (Å²) < 4.78 is 11.2. The Morgan fingerprint density at radius 3 is 2.41 bits per heavy atom. The van der Waals surface area contributed by atoms with Gasteiger partial charge < -0.3 is 14.4 Å². The lowest BCUT2D eigenvalue weighted by Crippen LogP contribution is -2.39. The van der Waals surface area contributed by atoms with Crippen molar-refractivity contribution in [3.63, 3.8) is 0 Å². The van der Waals surface area contributed by atoms with Crippen molar-refractivity contribution in [1.29, 1.82) is 5.26 Å². The van der Waals surface area contributed by atoms with Gasteiger partial charge in [-0.3, -0.25) is 4.79 Å². The number of methoxy groups -OCH3 is 1. The largest absolute Gasteiger partial charge is 0.491 e. The highest BCUT2D eigenvalue weighted by Crippen LogP contribution is 2.29. The van der Waals surface area contributed by atoms with E-state index < -0.39 is 0 Å². The van der Waals surface area contributed by atoms with Crippen LogP contribution in [0.3, 0.4) is 0 Å². The molecule has 0 saturated carbocycles. The maximum atomic E-state index is 12.6. The molecular weight excluding hydrogens is 364 g/mol. The summed E-state index contributed by atoms with van der Waals surface area (Å²) in [7, 11) is 1.64. The zero-order valence-electron chi connectivity index (χ0n) is 16.7. The maximum Gasteiger partial charge on any atom is 0.226 e. The fraction of sp³-hybridized carbons (Fsp3) is 0.333. The maximum absolute atomic E-state index is 12.6. The molecular formula is C24H26N2O3. The number of carbonyl (C=O) groups excluding carboxylic acids is 1. The Morgan fingerprint density at radius 1 is 1.17 bits per heavy atom. The number of amides is 1. The van der Waals surface area contributed by atoms with E-state index >= 15 is 0 Å². The number of nitriles is 1. The Morgan fingerprint density at radius 2 is 1.83 bits per heavy atom. The molecule has 2 atom stereocenters. The second-order valence-electron chi connectivity index (χ2n) is 7.16. The zero-order valence-corrected chi connectivity index (χ0v) is 16.7. The first-order chi connectivity index (χ1) is 14.2. The van der Waals surface area contributed by atoms with Crippen LogP contribution >= 0.6 is 0 Å². The second-order valence-corrected chi connectivity index (χ2v) is 7.16. The lowest BCUT2D eigenvalue weighted by molar-refractivity contribution is -0.132. The Bertz CT molecular complexity index is 868. The van der Waals surface area contributed by atoms with E-state index in [1.54, 1.807) is 7.11 Å². The standard InChI is InChI=1S/C24H26N2O3/c1-3-4-21-15-22(26(24(21)27)13-14-28-2)17-29-23-11-9-20(10-12-23)19-7-5-18(16-25)6-8-19/h3,5-12,21-22H,1,4,13-15,17H2,2H3/t21-,22+/m1/s1. The minimum absolute atomic E-state index is 0.0169. The van der Waals surface area contributed by atoms with Crippen LogP contribution in [0.4, 0.5) is 0 Å². The number of likely N-dealkylation sites (tertiary alicyclic amines) is 1. The molecule has 1 heterocycles. The summed E-state index contributed by atoms with van der Waals surface area (Å²) in [5, 5.41) is 8.91. The third-order valence-corrected chi connectivity index (χ3v) is 5.26. The van der Waals surface area contributed by atoms with E-state index in [0.29, 0.717) is 31.7 Å². The molecule has 3 rings (SSSR count). The number of hydrogen-bond donors (Lipinski definition) is 0. The topological polar surface area (TPSA) is 62.6 Å². The van der Waals surface area contributed by atoms with Crippen LogP contribution in [0, 0.1) is 17.2 Å². The summed E-state index contributed by atoms with van der Waals surface area (Å²) in [6, 6.07) is 17.5. The van der Waals surface area contributed by atoms with Crippen LogP contribution in [-0.2, 0) is 9.53 Å². The van der Waals surface area contributed by atoms with Gasteiger partial charge in [0, 0.05) is 19.6 Å². The summed E-state index contributed by atoms with van der Waals surface area (Å²) in [5.74, 6) is 0.914. The summed E-state index contributed by atoms with van der Waals surface area (Å²) in [6.07, 6.45) is 3.28. The highest BCUT2D eigenvalue weighted by molar-refractivity contribution is 5.81. The van der Waals surface area contributed by atoms with E-state index in [9.17, 15) is 4.79 Å². The van der Waals surface area contributed by atoms with Crippen LogP contribution in [0.1, 0.15) is 18.4 Å². The number of hydrogen-bond acceptors (Lipinski definition) is 4. The summed E-state index contributed by atoms with van der Waals surface area (Å²) >= 11 is 0. The van der Waals surface area contributed by atoms with Crippen molar-refractivity contribution in [3.05, 3.63) is 66.7 Å². The van der Waals surface area contributed by atoms with Gasteiger partial charge in [0.1, 0.15) is 12.4 Å². The van der Waals surface area contributed by atoms with E-state index in [4.69, 9.17) is 14.7 Å². The Balaban J connectivity index is 1.62. The molecule has 0 spiro atoms. The summed E-state index contributed by atoms with van der Waals surface area (Å²) in [4.78, 5) is 14.5. The number of nitrogens with zero attached hydrogens (tertiary/aromatic N) is 2. The molecule has 2 aromatic rings. The molecule has 1 aliphatic rings. The molecule has 0 aromatic heterocycles. The molecule has 5 nitrogen and oxygen atoms in total. The molecule has 0 unspecified atom stereocenters. The first kappa shape index (κ1) is 20.6. The van der Waals surface area contributed by atoms with Gasteiger partial charge in [-0.25, -0.2) is 0 Å². The van der Waals surface area contributed by atoms with Gasteiger partial charge in [0.15, 0.2) is 0 Å². The Hall–Kier alpha value is -3.10. The molecule has 150 valence electrons. The van der Waals surface area contributed by atoms with Crippen molar-refractivity contribution in [2.45, 2.75) is 18.9 Å². The van der Waals surface area contributed by atoms with Crippen LogP contribution in [-0.4, -0.2) is 43.7 Å². The second kappa shape index (κ2) is 9.90. The molecule has 29 heavy (non-hydrogen) atoms. The molecule has 0 N–H and O–H groups in total. The molecule has 5 heteroatoms. The van der Waals surface area contributed by atoms with Crippen molar-refractivity contribution >= 4 is 5.91 Å². The number of carbonyl (C=O) groups is 1. The van der Waals surface area contributed by atoms with Gasteiger partial charge in [-0.15, -0.1) is 6.58 Å². The van der Waals surface area contributed by atoms with E-state index in [0.717, 1.165) is 23.3 Å². The predicted octanol–water partition coefficient (Wildman–Crippen LogP) is 4.04. The third kappa shape index (κ3) is 5.04. The van der Waals surface area contributed by atoms with Gasteiger partial charge in [-0.1, -0.05) is 30.3 Å². The highest BCUT2D eigenvalue weighted by atomic mass is 16.5. The van der Waals surface area contributed by atoms with Gasteiger partial charge in [0.25, 0.3) is 0 Å². The van der Waals surface area contributed by atoms with Crippen LogP contribution in [0.2, 0.25) is 0 Å². The fourth-order valence-corrected chi connectivity index (χ4v) is 3.68. The van der Waals surface area contributed by atoms with Crippen molar-refractivity contribution in [2.24, 2.45) is 5.92 Å². The van der Waals surface area contributed by atoms with Crippen molar-refractivity contribution in [1.82, 2.24) is 4.90 Å². The molecule has 0 radical (unpaired) electrons. The number of allylic oxidation sites excluding steroid dienone is 1. The number of rotatable bonds is 9. The van der Waals surface area contributed by atoms with Gasteiger partial charge >= 0.3 is 0 Å². The molecule has 1 saturated heterocycles. The average molecular weight is 390 g/mol. The SMILES string of the molecule is C=CC[C@@H]1C[C@@H](COc2ccc(-c3ccc(C#N)cc3)cc2)N(CCOC)C1=O. The van der Waals surface area contributed by atoms with Gasteiger partial charge in [-0.2, -0.15) is 5.26 Å². The molecule has 0 aliphatic carbocycles. The Labute approximate surface area is 172 Å². The van der Waals surface area contributed by atoms with Crippen molar-refractivity contribution in [2.75, 3.05) is 26.9 Å². The van der Waals surface area contributed by atoms with Crippen LogP contribution in [0.5, 0.6) is 5.75 Å². The molecule has 2 aromatic carbocycles. The molecule has 1 aliphatic heterocycles. The number of ether oxygens (including phenoxy) is 2. The van der Waals surface area contributed by atoms with E-state index in [2.05, 4.69) is 12.6 Å². The van der Waals surface area contributed by atoms with Gasteiger partial charge in [-0.05, 0) is 48.2 Å². The quantitative estimate of drug-likeness (QED) is 0.606.